The van der Waals surface area contributed by atoms with Crippen LogP contribution in [0.25, 0.3) is 0 Å². The number of rotatable bonds is 6. The molecule has 0 bridgehead atoms. The van der Waals surface area contributed by atoms with Crippen molar-refractivity contribution in [2.75, 3.05) is 6.54 Å². The Kier molecular flexibility index (Phi) is 5.60. The van der Waals surface area contributed by atoms with Crippen molar-refractivity contribution in [3.63, 3.8) is 0 Å². The van der Waals surface area contributed by atoms with Gasteiger partial charge in [-0.1, -0.05) is 19.3 Å². The zero-order valence-corrected chi connectivity index (χ0v) is 12.8. The first-order chi connectivity index (χ1) is 9.70. The van der Waals surface area contributed by atoms with Gasteiger partial charge in [-0.3, -0.25) is 9.58 Å². The Morgan fingerprint density at radius 2 is 2.15 bits per heavy atom. The summed E-state index contributed by atoms with van der Waals surface area (Å²) in [6.45, 7) is 6.02. The molecular formula is C16H26N4. The van der Waals surface area contributed by atoms with Crippen LogP contribution in [-0.2, 0) is 6.54 Å². The first-order valence-electron chi connectivity index (χ1n) is 7.85. The first kappa shape index (κ1) is 15.1. The Balaban J connectivity index is 1.95. The van der Waals surface area contributed by atoms with Crippen molar-refractivity contribution in [1.82, 2.24) is 14.7 Å². The van der Waals surface area contributed by atoms with Gasteiger partial charge in [-0.15, -0.1) is 0 Å². The van der Waals surface area contributed by atoms with Crippen LogP contribution in [-0.4, -0.2) is 27.3 Å². The summed E-state index contributed by atoms with van der Waals surface area (Å²) in [6.07, 6.45) is 9.29. The van der Waals surface area contributed by atoms with E-state index in [1.54, 1.807) is 0 Å². The van der Waals surface area contributed by atoms with Crippen LogP contribution in [0.5, 0.6) is 0 Å². The second-order valence-electron chi connectivity index (χ2n) is 6.05. The Morgan fingerprint density at radius 3 is 2.80 bits per heavy atom. The third-order valence-corrected chi connectivity index (χ3v) is 4.22. The van der Waals surface area contributed by atoms with Gasteiger partial charge in [0.2, 0.25) is 0 Å². The molecule has 1 aromatic rings. The number of nitriles is 1. The lowest BCUT2D eigenvalue weighted by Crippen LogP contribution is -2.31. The fraction of sp³-hybridized carbons (Fsp3) is 0.750. The summed E-state index contributed by atoms with van der Waals surface area (Å²) in [6, 6.07) is 5.41. The first-order valence-corrected chi connectivity index (χ1v) is 7.85. The van der Waals surface area contributed by atoms with E-state index in [2.05, 4.69) is 41.8 Å². The minimum Gasteiger partial charge on any atom is -0.294 e. The molecule has 0 N–H and O–H groups in total. The van der Waals surface area contributed by atoms with Crippen LogP contribution < -0.4 is 0 Å². The molecular weight excluding hydrogens is 248 g/mol. The van der Waals surface area contributed by atoms with Gasteiger partial charge in [0.25, 0.3) is 0 Å². The lowest BCUT2D eigenvalue weighted by Gasteiger charge is -2.25. The zero-order chi connectivity index (χ0) is 14.4. The highest BCUT2D eigenvalue weighted by Crippen LogP contribution is 2.27. The van der Waals surface area contributed by atoms with E-state index in [9.17, 15) is 0 Å². The molecule has 1 aromatic heterocycles. The highest BCUT2D eigenvalue weighted by atomic mass is 15.3. The minimum atomic E-state index is 0.447. The van der Waals surface area contributed by atoms with Gasteiger partial charge in [-0.25, -0.2) is 0 Å². The maximum atomic E-state index is 8.74. The summed E-state index contributed by atoms with van der Waals surface area (Å²) in [7, 11) is 0. The quantitative estimate of drug-likeness (QED) is 0.797. The van der Waals surface area contributed by atoms with E-state index in [0.29, 0.717) is 18.5 Å². The van der Waals surface area contributed by atoms with Gasteiger partial charge in [0.15, 0.2) is 0 Å². The summed E-state index contributed by atoms with van der Waals surface area (Å²) >= 11 is 0. The molecule has 1 aliphatic rings. The molecule has 0 unspecified atom stereocenters. The summed E-state index contributed by atoms with van der Waals surface area (Å²) in [5, 5.41) is 13.5. The van der Waals surface area contributed by atoms with Gasteiger partial charge >= 0.3 is 0 Å². The highest BCUT2D eigenvalue weighted by molar-refractivity contribution is 5.00. The molecule has 1 heterocycles. The molecule has 20 heavy (non-hydrogen) atoms. The summed E-state index contributed by atoms with van der Waals surface area (Å²) < 4.78 is 2.16. The minimum absolute atomic E-state index is 0.447. The maximum Gasteiger partial charge on any atom is 0.0765 e. The van der Waals surface area contributed by atoms with Crippen LogP contribution in [0.2, 0.25) is 0 Å². The van der Waals surface area contributed by atoms with Crippen LogP contribution in [0.3, 0.4) is 0 Å². The molecule has 0 aliphatic heterocycles. The second kappa shape index (κ2) is 7.44. The van der Waals surface area contributed by atoms with Crippen molar-refractivity contribution in [2.24, 2.45) is 0 Å². The number of nitrogens with zero attached hydrogens (tertiary/aromatic N) is 4. The molecule has 2 rings (SSSR count). The lowest BCUT2D eigenvalue weighted by atomic mass is 9.96. The molecule has 0 spiro atoms. The Labute approximate surface area is 122 Å². The Bertz CT molecular complexity index is 438. The molecule has 4 nitrogen and oxygen atoms in total. The van der Waals surface area contributed by atoms with E-state index >= 15 is 0 Å². The Hall–Kier alpha value is -1.34. The average Bonchev–Trinajstić information content (AvgIpc) is 2.92. The summed E-state index contributed by atoms with van der Waals surface area (Å²) in [5.41, 5.74) is 1.13. The smallest absolute Gasteiger partial charge is 0.0765 e. The van der Waals surface area contributed by atoms with Crippen molar-refractivity contribution in [2.45, 2.75) is 71.0 Å². The van der Waals surface area contributed by atoms with E-state index < -0.39 is 0 Å². The zero-order valence-electron chi connectivity index (χ0n) is 12.8. The summed E-state index contributed by atoms with van der Waals surface area (Å²) in [5.74, 6) is 0. The topological polar surface area (TPSA) is 44.9 Å². The molecule has 0 atom stereocenters. The molecule has 0 radical (unpaired) electrons. The number of hydrogen-bond donors (Lipinski definition) is 0. The largest absolute Gasteiger partial charge is 0.294 e. The van der Waals surface area contributed by atoms with Crippen LogP contribution in [0.4, 0.5) is 0 Å². The Morgan fingerprint density at radius 1 is 1.40 bits per heavy atom. The van der Waals surface area contributed by atoms with Crippen molar-refractivity contribution in [3.05, 3.63) is 18.0 Å². The fourth-order valence-corrected chi connectivity index (χ4v) is 2.93. The van der Waals surface area contributed by atoms with Gasteiger partial charge in [-0.2, -0.15) is 10.4 Å². The van der Waals surface area contributed by atoms with Gasteiger partial charge in [0.1, 0.15) is 0 Å². The van der Waals surface area contributed by atoms with E-state index in [1.807, 2.05) is 0 Å². The second-order valence-corrected chi connectivity index (χ2v) is 6.05. The monoisotopic (exact) mass is 274 g/mol. The fourth-order valence-electron chi connectivity index (χ4n) is 2.93. The highest BCUT2D eigenvalue weighted by Gasteiger charge is 2.17. The summed E-state index contributed by atoms with van der Waals surface area (Å²) in [4.78, 5) is 2.32. The van der Waals surface area contributed by atoms with E-state index in [0.717, 1.165) is 18.8 Å². The molecule has 0 aromatic carbocycles. The predicted octanol–water partition coefficient (Wildman–Crippen LogP) is 3.51. The van der Waals surface area contributed by atoms with Gasteiger partial charge in [-0.05, 0) is 32.8 Å². The van der Waals surface area contributed by atoms with Crippen LogP contribution in [0.1, 0.15) is 64.1 Å². The number of aromatic nitrogens is 2. The SMILES string of the molecule is CC(C)N(CCC#N)Cc1ccn(C2CCCCC2)n1. The van der Waals surface area contributed by atoms with Crippen LogP contribution >= 0.6 is 0 Å². The third-order valence-electron chi connectivity index (χ3n) is 4.22. The van der Waals surface area contributed by atoms with Crippen molar-refractivity contribution in [1.29, 1.82) is 5.26 Å². The molecule has 1 saturated carbocycles. The standard InChI is InChI=1S/C16H26N4/c1-14(2)19(11-6-10-17)13-15-9-12-20(18-15)16-7-4-3-5-8-16/h9,12,14,16H,3-8,11,13H2,1-2H3. The average molecular weight is 274 g/mol. The molecule has 0 saturated heterocycles. The normalized spacial score (nSPS) is 16.8. The molecule has 4 heteroatoms. The predicted molar refractivity (Wildman–Crippen MR) is 80.1 cm³/mol. The van der Waals surface area contributed by atoms with Crippen molar-refractivity contribution >= 4 is 0 Å². The van der Waals surface area contributed by atoms with Crippen molar-refractivity contribution < 1.29 is 0 Å². The maximum absolute atomic E-state index is 8.74. The lowest BCUT2D eigenvalue weighted by molar-refractivity contribution is 0.213. The van der Waals surface area contributed by atoms with Gasteiger partial charge in [0.05, 0.1) is 17.8 Å². The number of hydrogen-bond acceptors (Lipinski definition) is 3. The van der Waals surface area contributed by atoms with Gasteiger partial charge in [0, 0.05) is 31.7 Å². The van der Waals surface area contributed by atoms with E-state index in [4.69, 9.17) is 10.4 Å². The molecule has 110 valence electrons. The molecule has 1 fully saturated rings. The van der Waals surface area contributed by atoms with Crippen LogP contribution in [0.15, 0.2) is 12.3 Å². The molecule has 0 amide bonds. The van der Waals surface area contributed by atoms with E-state index in [1.165, 1.54) is 32.1 Å². The van der Waals surface area contributed by atoms with Gasteiger partial charge < -0.3 is 0 Å². The van der Waals surface area contributed by atoms with Crippen molar-refractivity contribution in [3.8, 4) is 6.07 Å². The molecule has 1 aliphatic carbocycles. The van der Waals surface area contributed by atoms with E-state index in [-0.39, 0.29) is 0 Å². The third kappa shape index (κ3) is 4.08. The van der Waals surface area contributed by atoms with Crippen LogP contribution in [0, 0.1) is 11.3 Å².